The van der Waals surface area contributed by atoms with Gasteiger partial charge in [-0.25, -0.2) is 4.79 Å². The maximum atomic E-state index is 11.6. The lowest BCUT2D eigenvalue weighted by molar-refractivity contribution is -0.150. The van der Waals surface area contributed by atoms with Gasteiger partial charge in [-0.05, 0) is 11.8 Å². The van der Waals surface area contributed by atoms with Gasteiger partial charge in [0.2, 0.25) is 0 Å². The topological polar surface area (TPSA) is 69.7 Å². The Bertz CT molecular complexity index is 421. The van der Waals surface area contributed by atoms with Crippen LogP contribution in [-0.4, -0.2) is 5.97 Å². The first-order valence-corrected chi connectivity index (χ1v) is 5.52. The normalized spacial score (nSPS) is 13.4. The fourth-order valence-electron chi connectivity index (χ4n) is 1.62. The van der Waals surface area contributed by atoms with Crippen LogP contribution in [0.2, 0.25) is 0 Å². The lowest BCUT2D eigenvalue weighted by Gasteiger charge is -2.21. The number of esters is 1. The second-order valence-electron chi connectivity index (χ2n) is 5.33. The van der Waals surface area contributed by atoms with Gasteiger partial charge in [-0.3, -0.25) is 4.79 Å². The van der Waals surface area contributed by atoms with E-state index < -0.39 is 5.82 Å². The first kappa shape index (κ1) is 13.5. The highest BCUT2D eigenvalue weighted by molar-refractivity contribution is 5.71. The Morgan fingerprint density at radius 1 is 1.47 bits per heavy atom. The van der Waals surface area contributed by atoms with E-state index in [-0.39, 0.29) is 29.7 Å². The summed E-state index contributed by atoms with van der Waals surface area (Å²) < 4.78 is 14.1. The first-order chi connectivity index (χ1) is 7.78. The van der Waals surface area contributed by atoms with Crippen molar-refractivity contribution in [2.45, 2.75) is 40.7 Å². The highest BCUT2D eigenvalue weighted by Gasteiger charge is 2.22. The van der Waals surface area contributed by atoms with Gasteiger partial charge in [-0.15, -0.1) is 0 Å². The Hall–Kier alpha value is -1.52. The van der Waals surface area contributed by atoms with Crippen LogP contribution in [0.25, 0.3) is 0 Å². The Morgan fingerprint density at radius 2 is 2.12 bits per heavy atom. The SMILES string of the molecule is C[C@H](CC(C)(C)C)C(=O)OCc1coc(=O)o1. The number of rotatable bonds is 4. The van der Waals surface area contributed by atoms with Crippen molar-refractivity contribution in [3.05, 3.63) is 22.6 Å². The molecule has 0 amide bonds. The summed E-state index contributed by atoms with van der Waals surface area (Å²) in [6.07, 6.45) is 1.88. The van der Waals surface area contributed by atoms with Crippen LogP contribution in [0.4, 0.5) is 0 Å². The zero-order valence-corrected chi connectivity index (χ0v) is 10.6. The highest BCUT2D eigenvalue weighted by atomic mass is 16.6. The molecular weight excluding hydrogens is 224 g/mol. The quantitative estimate of drug-likeness (QED) is 0.758. The molecule has 0 aliphatic carbocycles. The van der Waals surface area contributed by atoms with Crippen molar-refractivity contribution >= 4 is 5.97 Å². The van der Waals surface area contributed by atoms with Crippen molar-refractivity contribution in [1.82, 2.24) is 0 Å². The second-order valence-corrected chi connectivity index (χ2v) is 5.33. The summed E-state index contributed by atoms with van der Waals surface area (Å²) in [5.41, 5.74) is 0.0701. The van der Waals surface area contributed by atoms with E-state index in [2.05, 4.69) is 29.6 Å². The van der Waals surface area contributed by atoms with E-state index in [1.54, 1.807) is 0 Å². The number of ether oxygens (including phenoxy) is 1. The van der Waals surface area contributed by atoms with Crippen molar-refractivity contribution in [3.63, 3.8) is 0 Å². The van der Waals surface area contributed by atoms with Crippen LogP contribution in [0.5, 0.6) is 0 Å². The van der Waals surface area contributed by atoms with Crippen molar-refractivity contribution < 1.29 is 18.4 Å². The van der Waals surface area contributed by atoms with Crippen LogP contribution >= 0.6 is 0 Å². The zero-order chi connectivity index (χ0) is 13.1. The van der Waals surface area contributed by atoms with Gasteiger partial charge < -0.3 is 13.6 Å². The summed E-state index contributed by atoms with van der Waals surface area (Å²) in [5.74, 6) is -1.07. The Labute approximate surface area is 99.8 Å². The third-order valence-electron chi connectivity index (χ3n) is 2.18. The summed E-state index contributed by atoms with van der Waals surface area (Å²) in [4.78, 5) is 22.2. The molecule has 0 aromatic carbocycles. The van der Waals surface area contributed by atoms with Gasteiger partial charge in [0.15, 0.2) is 12.4 Å². The Morgan fingerprint density at radius 3 is 2.59 bits per heavy atom. The van der Waals surface area contributed by atoms with Crippen molar-refractivity contribution in [2.24, 2.45) is 11.3 Å². The molecular formula is C12H18O5. The predicted octanol–water partition coefficient (Wildman–Crippen LogP) is 2.35. The van der Waals surface area contributed by atoms with E-state index in [4.69, 9.17) is 4.74 Å². The molecule has 0 N–H and O–H groups in total. The molecule has 1 aromatic rings. The van der Waals surface area contributed by atoms with Gasteiger partial charge in [-0.2, -0.15) is 0 Å². The maximum Gasteiger partial charge on any atom is 0.518 e. The number of carbonyl (C=O) groups excluding carboxylic acids is 1. The average Bonchev–Trinajstić information content (AvgIpc) is 2.58. The Balaban J connectivity index is 2.42. The molecule has 0 saturated heterocycles. The lowest BCUT2D eigenvalue weighted by Crippen LogP contribution is -2.20. The Kier molecular flexibility index (Phi) is 4.15. The van der Waals surface area contributed by atoms with Crippen molar-refractivity contribution in [2.75, 3.05) is 0 Å². The van der Waals surface area contributed by atoms with E-state index in [9.17, 15) is 9.59 Å². The monoisotopic (exact) mass is 242 g/mol. The molecule has 0 radical (unpaired) electrons. The fourth-order valence-corrected chi connectivity index (χ4v) is 1.62. The minimum Gasteiger partial charge on any atom is -0.457 e. The third kappa shape index (κ3) is 4.89. The smallest absolute Gasteiger partial charge is 0.457 e. The van der Waals surface area contributed by atoms with E-state index in [0.29, 0.717) is 0 Å². The van der Waals surface area contributed by atoms with Gasteiger partial charge in [0, 0.05) is 0 Å². The van der Waals surface area contributed by atoms with Gasteiger partial charge >= 0.3 is 11.8 Å². The molecule has 1 atom stereocenters. The summed E-state index contributed by atoms with van der Waals surface area (Å²) in [6.45, 7) is 7.93. The standard InChI is InChI=1S/C12H18O5/c1-8(5-12(2,3)4)10(13)15-6-9-7-16-11(14)17-9/h7-8H,5-6H2,1-4H3/t8-/m1/s1. The van der Waals surface area contributed by atoms with E-state index >= 15 is 0 Å². The predicted molar refractivity (Wildman–Crippen MR) is 60.3 cm³/mol. The van der Waals surface area contributed by atoms with Crippen LogP contribution in [0.3, 0.4) is 0 Å². The average molecular weight is 242 g/mol. The summed E-state index contributed by atoms with van der Waals surface area (Å²) in [5, 5.41) is 0. The third-order valence-corrected chi connectivity index (χ3v) is 2.18. The summed E-state index contributed by atoms with van der Waals surface area (Å²) in [7, 11) is 0. The number of carbonyl (C=O) groups is 1. The molecule has 1 heterocycles. The summed E-state index contributed by atoms with van der Waals surface area (Å²) in [6, 6.07) is 0. The van der Waals surface area contributed by atoms with E-state index in [1.165, 1.54) is 0 Å². The molecule has 0 spiro atoms. The molecule has 0 unspecified atom stereocenters. The molecule has 1 rings (SSSR count). The van der Waals surface area contributed by atoms with Crippen LogP contribution in [0.1, 0.15) is 39.9 Å². The van der Waals surface area contributed by atoms with Gasteiger partial charge in [-0.1, -0.05) is 27.7 Å². The van der Waals surface area contributed by atoms with E-state index in [1.807, 2.05) is 6.92 Å². The van der Waals surface area contributed by atoms with Crippen molar-refractivity contribution in [1.29, 1.82) is 0 Å². The lowest BCUT2D eigenvalue weighted by atomic mass is 9.85. The molecule has 1 aromatic heterocycles. The first-order valence-electron chi connectivity index (χ1n) is 5.52. The van der Waals surface area contributed by atoms with Gasteiger partial charge in [0.1, 0.15) is 6.26 Å². The molecule has 0 fully saturated rings. The molecule has 0 aliphatic heterocycles. The van der Waals surface area contributed by atoms with Crippen LogP contribution in [-0.2, 0) is 16.1 Å². The summed E-state index contributed by atoms with van der Waals surface area (Å²) >= 11 is 0. The number of hydrogen-bond donors (Lipinski definition) is 0. The fraction of sp³-hybridized carbons (Fsp3) is 0.667. The second kappa shape index (κ2) is 5.21. The van der Waals surface area contributed by atoms with E-state index in [0.717, 1.165) is 12.7 Å². The number of hydrogen-bond acceptors (Lipinski definition) is 5. The van der Waals surface area contributed by atoms with Gasteiger partial charge in [0.25, 0.3) is 0 Å². The largest absolute Gasteiger partial charge is 0.518 e. The molecule has 5 heteroatoms. The van der Waals surface area contributed by atoms with Crippen LogP contribution in [0, 0.1) is 11.3 Å². The van der Waals surface area contributed by atoms with Crippen LogP contribution < -0.4 is 5.82 Å². The molecule has 96 valence electrons. The van der Waals surface area contributed by atoms with Crippen LogP contribution in [0.15, 0.2) is 19.9 Å². The minimum absolute atomic E-state index is 0.0701. The maximum absolute atomic E-state index is 11.6. The molecule has 0 aliphatic rings. The molecule has 17 heavy (non-hydrogen) atoms. The van der Waals surface area contributed by atoms with Crippen molar-refractivity contribution in [3.8, 4) is 0 Å². The van der Waals surface area contributed by atoms with Gasteiger partial charge in [0.05, 0.1) is 5.92 Å². The molecule has 0 saturated carbocycles. The minimum atomic E-state index is -0.793. The zero-order valence-electron chi connectivity index (χ0n) is 10.6. The molecule has 0 bridgehead atoms. The molecule has 5 nitrogen and oxygen atoms in total. The highest BCUT2D eigenvalue weighted by Crippen LogP contribution is 2.24.